The first kappa shape index (κ1) is 21.6. The Bertz CT molecular complexity index is 1140. The number of hydrogen-bond acceptors (Lipinski definition) is 7. The number of nitrogens with zero attached hydrogens (tertiary/aromatic N) is 2. The van der Waals surface area contributed by atoms with Gasteiger partial charge in [-0.25, -0.2) is 4.98 Å². The summed E-state index contributed by atoms with van der Waals surface area (Å²) in [4.78, 5) is 16.8. The van der Waals surface area contributed by atoms with Crippen LogP contribution in [-0.2, 0) is 11.4 Å². The van der Waals surface area contributed by atoms with Crippen molar-refractivity contribution in [2.45, 2.75) is 56.6 Å². The maximum absolute atomic E-state index is 12.4. The predicted molar refractivity (Wildman–Crippen MR) is 125 cm³/mol. The third-order valence-corrected chi connectivity index (χ3v) is 6.58. The highest BCUT2D eigenvalue weighted by Gasteiger charge is 2.42. The van der Waals surface area contributed by atoms with E-state index in [4.69, 9.17) is 14.2 Å². The minimum Gasteiger partial charge on any atom is -0.485 e. The maximum Gasteiger partial charge on any atom is 0.251 e. The fourth-order valence-corrected chi connectivity index (χ4v) is 4.68. The van der Waals surface area contributed by atoms with Crippen LogP contribution < -0.4 is 19.5 Å². The predicted octanol–water partition coefficient (Wildman–Crippen LogP) is 4.85. The average Bonchev–Trinajstić information content (AvgIpc) is 3.41. The molecule has 3 aromatic rings. The fraction of sp³-hybridized carbons (Fsp3) is 0.375. The number of fused-ring (bicyclic) bond motifs is 1. The second kappa shape index (κ2) is 9.35. The Morgan fingerprint density at radius 3 is 2.82 bits per heavy atom. The standard InChI is InChI=1S/C24H26N4O4S/c1-16-7-3-4-8-18(16)30-14-21-26-23(28-27-21)33-15-22(29)25-17-9-10-19-20(13-17)32-24(31-19)11-5-2-6-12-24/h3-4,7-10,13H,2,5-6,11-12,14-15H2,1H3,(H,25,29)(H,26,27,28). The number of benzene rings is 2. The normalized spacial score (nSPS) is 16.0. The Kier molecular flexibility index (Phi) is 6.13. The smallest absolute Gasteiger partial charge is 0.251 e. The van der Waals surface area contributed by atoms with Gasteiger partial charge < -0.3 is 19.5 Å². The van der Waals surface area contributed by atoms with Gasteiger partial charge in [0, 0.05) is 24.6 Å². The average molecular weight is 467 g/mol. The summed E-state index contributed by atoms with van der Waals surface area (Å²) in [5.41, 5.74) is 1.74. The molecule has 2 aliphatic rings. The van der Waals surface area contributed by atoms with Crippen molar-refractivity contribution >= 4 is 23.4 Å². The molecule has 1 amide bonds. The quantitative estimate of drug-likeness (QED) is 0.480. The number of aromatic amines is 1. The molecule has 0 unspecified atom stereocenters. The number of carbonyl (C=O) groups excluding carboxylic acids is 1. The lowest BCUT2D eigenvalue weighted by molar-refractivity contribution is -0.113. The van der Waals surface area contributed by atoms with Gasteiger partial charge in [0.25, 0.3) is 5.79 Å². The molecule has 172 valence electrons. The molecule has 5 rings (SSSR count). The number of ether oxygens (including phenoxy) is 3. The number of aromatic nitrogens is 3. The lowest BCUT2D eigenvalue weighted by atomic mass is 9.94. The van der Waals surface area contributed by atoms with Gasteiger partial charge in [-0.15, -0.1) is 5.10 Å². The number of hydrogen-bond donors (Lipinski definition) is 2. The first-order valence-electron chi connectivity index (χ1n) is 11.1. The second-order valence-corrected chi connectivity index (χ2v) is 9.24. The van der Waals surface area contributed by atoms with Gasteiger partial charge in [0.2, 0.25) is 11.1 Å². The van der Waals surface area contributed by atoms with Crippen LogP contribution in [0.2, 0.25) is 0 Å². The lowest BCUT2D eigenvalue weighted by Gasteiger charge is -2.31. The van der Waals surface area contributed by atoms with E-state index in [-0.39, 0.29) is 18.3 Å². The molecule has 0 bridgehead atoms. The van der Waals surface area contributed by atoms with Gasteiger partial charge in [-0.05, 0) is 43.5 Å². The first-order chi connectivity index (χ1) is 16.1. The van der Waals surface area contributed by atoms with Crippen LogP contribution in [0.4, 0.5) is 5.69 Å². The zero-order valence-electron chi connectivity index (χ0n) is 18.4. The van der Waals surface area contributed by atoms with E-state index in [2.05, 4.69) is 20.5 Å². The number of para-hydroxylation sites is 1. The maximum atomic E-state index is 12.4. The van der Waals surface area contributed by atoms with Crippen LogP contribution in [0.1, 0.15) is 43.5 Å². The summed E-state index contributed by atoms with van der Waals surface area (Å²) in [5, 5.41) is 10.4. The lowest BCUT2D eigenvalue weighted by Crippen LogP contribution is -2.40. The first-order valence-corrected chi connectivity index (χ1v) is 12.1. The number of rotatable bonds is 7. The highest BCUT2D eigenvalue weighted by Crippen LogP contribution is 2.46. The van der Waals surface area contributed by atoms with Crippen molar-refractivity contribution in [1.29, 1.82) is 0 Å². The molecule has 9 heteroatoms. The van der Waals surface area contributed by atoms with Crippen molar-refractivity contribution in [3.63, 3.8) is 0 Å². The Balaban J connectivity index is 1.11. The third kappa shape index (κ3) is 5.08. The largest absolute Gasteiger partial charge is 0.485 e. The molecule has 0 saturated heterocycles. The van der Waals surface area contributed by atoms with E-state index >= 15 is 0 Å². The molecule has 0 atom stereocenters. The monoisotopic (exact) mass is 466 g/mol. The molecule has 1 aromatic heterocycles. The highest BCUT2D eigenvalue weighted by atomic mass is 32.2. The molecule has 2 heterocycles. The summed E-state index contributed by atoms with van der Waals surface area (Å²) >= 11 is 1.26. The Morgan fingerprint density at radius 1 is 1.15 bits per heavy atom. The van der Waals surface area contributed by atoms with Crippen LogP contribution in [0.3, 0.4) is 0 Å². The SMILES string of the molecule is Cc1ccccc1OCc1nc(SCC(=O)Nc2ccc3c(c2)OC2(CCCCC2)O3)n[nH]1. The third-order valence-electron chi connectivity index (χ3n) is 5.74. The zero-order valence-corrected chi connectivity index (χ0v) is 19.2. The summed E-state index contributed by atoms with van der Waals surface area (Å²) in [7, 11) is 0. The topological polar surface area (TPSA) is 98.4 Å². The molecule has 1 saturated carbocycles. The van der Waals surface area contributed by atoms with E-state index < -0.39 is 5.79 Å². The number of thioether (sulfide) groups is 1. The molecular weight excluding hydrogens is 440 g/mol. The molecule has 0 radical (unpaired) electrons. The van der Waals surface area contributed by atoms with Crippen LogP contribution in [0.15, 0.2) is 47.6 Å². The van der Waals surface area contributed by atoms with E-state index in [0.29, 0.717) is 22.4 Å². The molecule has 1 aliphatic heterocycles. The van der Waals surface area contributed by atoms with E-state index in [1.165, 1.54) is 18.2 Å². The number of carbonyl (C=O) groups is 1. The minimum atomic E-state index is -0.523. The van der Waals surface area contributed by atoms with Crippen LogP contribution in [0.5, 0.6) is 17.2 Å². The molecule has 8 nitrogen and oxygen atoms in total. The Labute approximate surface area is 196 Å². The number of H-pyrrole nitrogens is 1. The van der Waals surface area contributed by atoms with E-state index in [1.54, 1.807) is 0 Å². The zero-order chi connectivity index (χ0) is 22.7. The van der Waals surface area contributed by atoms with Crippen molar-refractivity contribution < 1.29 is 19.0 Å². The molecular formula is C24H26N4O4S. The van der Waals surface area contributed by atoms with Gasteiger partial charge in [0.1, 0.15) is 12.4 Å². The van der Waals surface area contributed by atoms with Gasteiger partial charge in [0.15, 0.2) is 17.3 Å². The van der Waals surface area contributed by atoms with Crippen LogP contribution in [-0.4, -0.2) is 32.6 Å². The van der Waals surface area contributed by atoms with Crippen LogP contribution in [0, 0.1) is 6.92 Å². The van der Waals surface area contributed by atoms with E-state index in [9.17, 15) is 4.79 Å². The van der Waals surface area contributed by atoms with Gasteiger partial charge in [-0.1, -0.05) is 36.4 Å². The van der Waals surface area contributed by atoms with Crippen LogP contribution >= 0.6 is 11.8 Å². The molecule has 2 N–H and O–H groups in total. The van der Waals surface area contributed by atoms with Crippen LogP contribution in [0.25, 0.3) is 0 Å². The van der Waals surface area contributed by atoms with E-state index in [1.807, 2.05) is 49.4 Å². The molecule has 2 aromatic carbocycles. The van der Waals surface area contributed by atoms with Gasteiger partial charge >= 0.3 is 0 Å². The van der Waals surface area contributed by atoms with Crippen molar-refractivity contribution in [2.75, 3.05) is 11.1 Å². The molecule has 33 heavy (non-hydrogen) atoms. The number of amides is 1. The van der Waals surface area contributed by atoms with Gasteiger partial charge in [-0.2, -0.15) is 0 Å². The number of nitrogens with one attached hydrogen (secondary N) is 2. The Hall–Kier alpha value is -3.20. The van der Waals surface area contributed by atoms with Gasteiger partial charge in [-0.3, -0.25) is 9.89 Å². The fourth-order valence-electron chi connectivity index (χ4n) is 4.06. The summed E-state index contributed by atoms with van der Waals surface area (Å²) < 4.78 is 18.0. The minimum absolute atomic E-state index is 0.145. The van der Waals surface area contributed by atoms with Crippen molar-refractivity contribution in [1.82, 2.24) is 15.2 Å². The molecule has 1 aliphatic carbocycles. The Morgan fingerprint density at radius 2 is 1.97 bits per heavy atom. The number of anilines is 1. The van der Waals surface area contributed by atoms with Gasteiger partial charge in [0.05, 0.1) is 5.75 Å². The molecule has 1 spiro atoms. The number of aryl methyl sites for hydroxylation is 1. The van der Waals surface area contributed by atoms with Crippen molar-refractivity contribution in [3.8, 4) is 17.2 Å². The van der Waals surface area contributed by atoms with Crippen molar-refractivity contribution in [2.24, 2.45) is 0 Å². The highest BCUT2D eigenvalue weighted by molar-refractivity contribution is 7.99. The molecule has 1 fully saturated rings. The summed E-state index contributed by atoms with van der Waals surface area (Å²) in [6.07, 6.45) is 5.23. The van der Waals surface area contributed by atoms with Crippen molar-refractivity contribution in [3.05, 3.63) is 53.9 Å². The van der Waals surface area contributed by atoms with E-state index in [0.717, 1.165) is 42.7 Å². The summed E-state index contributed by atoms with van der Waals surface area (Å²) in [6.45, 7) is 2.27. The summed E-state index contributed by atoms with van der Waals surface area (Å²) in [6, 6.07) is 13.3. The summed E-state index contributed by atoms with van der Waals surface area (Å²) in [5.74, 6) is 2.36. The second-order valence-electron chi connectivity index (χ2n) is 8.29.